The highest BCUT2D eigenvalue weighted by Crippen LogP contribution is 2.19. The van der Waals surface area contributed by atoms with Crippen LogP contribution in [0.2, 0.25) is 0 Å². The molecule has 0 saturated carbocycles. The molecule has 0 aliphatic carbocycles. The van der Waals surface area contributed by atoms with E-state index in [1.54, 1.807) is 0 Å². The highest BCUT2D eigenvalue weighted by atomic mass is 15.2. The van der Waals surface area contributed by atoms with Crippen molar-refractivity contribution in [3.63, 3.8) is 0 Å². The Morgan fingerprint density at radius 2 is 2.00 bits per heavy atom. The molecule has 0 aromatic heterocycles. The quantitative estimate of drug-likeness (QED) is 0.903. The summed E-state index contributed by atoms with van der Waals surface area (Å²) in [6.45, 7) is 3.92. The standard InChI is InChI=1S/C18H21N3/c1-14-6-5-7-15(12-14)13-17(16-8-3-2-4-9-16)21-18-19-10-11-20-18/h2-9,12,17H,10-11,13H2,1H3,(H2,19,20,21). The number of hydrogen-bond donors (Lipinski definition) is 2. The molecule has 0 saturated heterocycles. The lowest BCUT2D eigenvalue weighted by molar-refractivity contribution is 0.634. The van der Waals surface area contributed by atoms with Gasteiger partial charge in [0.25, 0.3) is 0 Å². The largest absolute Gasteiger partial charge is 0.355 e. The van der Waals surface area contributed by atoms with Crippen molar-refractivity contribution in [2.24, 2.45) is 4.99 Å². The van der Waals surface area contributed by atoms with Crippen molar-refractivity contribution in [3.8, 4) is 0 Å². The smallest absolute Gasteiger partial charge is 0.191 e. The van der Waals surface area contributed by atoms with Crippen LogP contribution in [0.5, 0.6) is 0 Å². The Labute approximate surface area is 126 Å². The van der Waals surface area contributed by atoms with Gasteiger partial charge in [0.2, 0.25) is 0 Å². The Balaban J connectivity index is 1.81. The summed E-state index contributed by atoms with van der Waals surface area (Å²) in [5.41, 5.74) is 3.93. The molecule has 0 spiro atoms. The van der Waals surface area contributed by atoms with Gasteiger partial charge in [-0.05, 0) is 24.5 Å². The summed E-state index contributed by atoms with van der Waals surface area (Å²) >= 11 is 0. The maximum Gasteiger partial charge on any atom is 0.191 e. The first-order chi connectivity index (χ1) is 10.3. The van der Waals surface area contributed by atoms with Crippen molar-refractivity contribution in [2.75, 3.05) is 13.1 Å². The van der Waals surface area contributed by atoms with Gasteiger partial charge in [0, 0.05) is 6.54 Å². The predicted octanol–water partition coefficient (Wildman–Crippen LogP) is 2.83. The van der Waals surface area contributed by atoms with Gasteiger partial charge < -0.3 is 10.6 Å². The minimum Gasteiger partial charge on any atom is -0.355 e. The van der Waals surface area contributed by atoms with E-state index in [-0.39, 0.29) is 6.04 Å². The van der Waals surface area contributed by atoms with Crippen LogP contribution in [0.4, 0.5) is 0 Å². The molecule has 2 N–H and O–H groups in total. The Morgan fingerprint density at radius 3 is 2.71 bits per heavy atom. The Kier molecular flexibility index (Phi) is 4.20. The summed E-state index contributed by atoms with van der Waals surface area (Å²) in [5, 5.41) is 6.83. The molecular weight excluding hydrogens is 258 g/mol. The maximum absolute atomic E-state index is 4.45. The minimum absolute atomic E-state index is 0.234. The van der Waals surface area contributed by atoms with E-state index in [1.165, 1.54) is 16.7 Å². The predicted molar refractivity (Wildman–Crippen MR) is 87.5 cm³/mol. The third-order valence-electron chi connectivity index (χ3n) is 3.71. The van der Waals surface area contributed by atoms with E-state index < -0.39 is 0 Å². The molecule has 1 aliphatic heterocycles. The monoisotopic (exact) mass is 279 g/mol. The molecule has 3 rings (SSSR count). The molecule has 3 nitrogen and oxygen atoms in total. The van der Waals surface area contributed by atoms with Gasteiger partial charge in [-0.1, -0.05) is 60.2 Å². The van der Waals surface area contributed by atoms with E-state index in [9.17, 15) is 0 Å². The van der Waals surface area contributed by atoms with Crippen LogP contribution < -0.4 is 10.6 Å². The summed E-state index contributed by atoms with van der Waals surface area (Å²) in [5.74, 6) is 0.913. The van der Waals surface area contributed by atoms with Crippen LogP contribution in [0.3, 0.4) is 0 Å². The topological polar surface area (TPSA) is 36.4 Å². The van der Waals surface area contributed by atoms with Gasteiger partial charge in [-0.3, -0.25) is 4.99 Å². The van der Waals surface area contributed by atoms with Crippen LogP contribution in [0.25, 0.3) is 0 Å². The fourth-order valence-corrected chi connectivity index (χ4v) is 2.67. The van der Waals surface area contributed by atoms with Crippen LogP contribution in [0, 0.1) is 6.92 Å². The van der Waals surface area contributed by atoms with Crippen molar-refractivity contribution < 1.29 is 0 Å². The zero-order valence-corrected chi connectivity index (χ0v) is 12.3. The lowest BCUT2D eigenvalue weighted by Crippen LogP contribution is -2.37. The molecule has 1 unspecified atom stereocenters. The molecule has 1 heterocycles. The first-order valence-electron chi connectivity index (χ1n) is 7.46. The van der Waals surface area contributed by atoms with Gasteiger partial charge in [0.05, 0.1) is 12.6 Å². The number of benzene rings is 2. The fraction of sp³-hybridized carbons (Fsp3) is 0.278. The highest BCUT2D eigenvalue weighted by Gasteiger charge is 2.15. The first-order valence-corrected chi connectivity index (χ1v) is 7.46. The van der Waals surface area contributed by atoms with E-state index in [0.29, 0.717) is 0 Å². The number of aliphatic imine (C=N–C) groups is 1. The average Bonchev–Trinajstić information content (AvgIpc) is 3.01. The molecule has 0 fully saturated rings. The molecule has 3 heteroatoms. The maximum atomic E-state index is 4.45. The van der Waals surface area contributed by atoms with E-state index in [0.717, 1.165) is 25.5 Å². The minimum atomic E-state index is 0.234. The van der Waals surface area contributed by atoms with Gasteiger partial charge in [-0.2, -0.15) is 0 Å². The molecule has 21 heavy (non-hydrogen) atoms. The van der Waals surface area contributed by atoms with Crippen molar-refractivity contribution in [1.29, 1.82) is 0 Å². The van der Waals surface area contributed by atoms with Crippen LogP contribution in [0.15, 0.2) is 59.6 Å². The van der Waals surface area contributed by atoms with Crippen molar-refractivity contribution in [1.82, 2.24) is 10.6 Å². The van der Waals surface area contributed by atoms with Gasteiger partial charge in [0.1, 0.15) is 0 Å². The van der Waals surface area contributed by atoms with Gasteiger partial charge >= 0.3 is 0 Å². The second-order valence-corrected chi connectivity index (χ2v) is 5.46. The second kappa shape index (κ2) is 6.44. The third kappa shape index (κ3) is 3.63. The number of hydrogen-bond acceptors (Lipinski definition) is 3. The van der Waals surface area contributed by atoms with Crippen LogP contribution >= 0.6 is 0 Å². The van der Waals surface area contributed by atoms with Gasteiger partial charge in [0.15, 0.2) is 5.96 Å². The van der Waals surface area contributed by atoms with Crippen molar-refractivity contribution >= 4 is 5.96 Å². The molecule has 1 aliphatic rings. The summed E-state index contributed by atoms with van der Waals surface area (Å²) < 4.78 is 0. The average molecular weight is 279 g/mol. The number of aryl methyl sites for hydroxylation is 1. The number of nitrogens with one attached hydrogen (secondary N) is 2. The number of nitrogens with zero attached hydrogens (tertiary/aromatic N) is 1. The lowest BCUT2D eigenvalue weighted by atomic mass is 9.98. The van der Waals surface area contributed by atoms with Gasteiger partial charge in [-0.15, -0.1) is 0 Å². The van der Waals surface area contributed by atoms with E-state index >= 15 is 0 Å². The third-order valence-corrected chi connectivity index (χ3v) is 3.71. The van der Waals surface area contributed by atoms with Crippen LogP contribution in [0.1, 0.15) is 22.7 Å². The van der Waals surface area contributed by atoms with E-state index in [2.05, 4.69) is 77.1 Å². The number of guanidine groups is 1. The molecule has 2 aromatic rings. The lowest BCUT2D eigenvalue weighted by Gasteiger charge is -2.20. The number of rotatable bonds is 4. The molecule has 2 aromatic carbocycles. The van der Waals surface area contributed by atoms with E-state index in [1.807, 2.05) is 0 Å². The zero-order valence-electron chi connectivity index (χ0n) is 12.3. The fourth-order valence-electron chi connectivity index (χ4n) is 2.67. The van der Waals surface area contributed by atoms with Crippen LogP contribution in [-0.4, -0.2) is 19.0 Å². The van der Waals surface area contributed by atoms with Crippen molar-refractivity contribution in [2.45, 2.75) is 19.4 Å². The summed E-state index contributed by atoms with van der Waals surface area (Å²) in [6.07, 6.45) is 0.951. The van der Waals surface area contributed by atoms with Crippen molar-refractivity contribution in [3.05, 3.63) is 71.3 Å². The highest BCUT2D eigenvalue weighted by molar-refractivity contribution is 5.81. The normalized spacial score (nSPS) is 15.2. The Hall–Kier alpha value is -2.29. The molecule has 0 bridgehead atoms. The SMILES string of the molecule is Cc1cccc(CC(NC2=NCCN2)c2ccccc2)c1. The zero-order chi connectivity index (χ0) is 14.5. The second-order valence-electron chi connectivity index (χ2n) is 5.46. The summed E-state index contributed by atoms with van der Waals surface area (Å²) in [4.78, 5) is 4.45. The Bertz CT molecular complexity index is 619. The molecule has 1 atom stereocenters. The Morgan fingerprint density at radius 1 is 1.14 bits per heavy atom. The van der Waals surface area contributed by atoms with Gasteiger partial charge in [-0.25, -0.2) is 0 Å². The molecule has 0 amide bonds. The van der Waals surface area contributed by atoms with E-state index in [4.69, 9.17) is 0 Å². The molecular formula is C18H21N3. The summed E-state index contributed by atoms with van der Waals surface area (Å²) in [7, 11) is 0. The molecule has 0 radical (unpaired) electrons. The first kappa shape index (κ1) is 13.7. The molecule has 108 valence electrons. The van der Waals surface area contributed by atoms with Crippen LogP contribution in [-0.2, 0) is 6.42 Å². The summed E-state index contributed by atoms with van der Waals surface area (Å²) in [6, 6.07) is 19.5.